The third-order valence-corrected chi connectivity index (χ3v) is 4.36. The average Bonchev–Trinajstić information content (AvgIpc) is 3.18. The fourth-order valence-corrected chi connectivity index (χ4v) is 3.14. The maximum absolute atomic E-state index is 3.89. The van der Waals surface area contributed by atoms with Crippen molar-refractivity contribution in [1.29, 1.82) is 0 Å². The highest BCUT2D eigenvalue weighted by atomic mass is 14.4. The Morgan fingerprint density at radius 2 is 1.26 bits per heavy atom. The quantitative estimate of drug-likeness (QED) is 0.760. The standard InChI is InChI=1S/C19H16/c1-3-12-5-14-7-16-9-18-11-19(18)10-17(16)8-15(14)6-13(12)4-2/h3-10,18-19H,1-2,11H2. The van der Waals surface area contributed by atoms with Crippen LogP contribution in [0.2, 0.25) is 0 Å². The Morgan fingerprint density at radius 3 is 1.68 bits per heavy atom. The Labute approximate surface area is 113 Å². The molecular formula is C19H16. The molecule has 2 aromatic carbocycles. The normalized spacial score (nSPS) is 22.7. The van der Waals surface area contributed by atoms with Gasteiger partial charge in [-0.2, -0.15) is 0 Å². The topological polar surface area (TPSA) is 0 Å². The van der Waals surface area contributed by atoms with Gasteiger partial charge in [-0.1, -0.05) is 37.5 Å². The molecule has 0 bridgehead atoms. The molecule has 2 atom stereocenters. The second kappa shape index (κ2) is 3.71. The van der Waals surface area contributed by atoms with Crippen molar-refractivity contribution in [3.8, 4) is 0 Å². The van der Waals surface area contributed by atoms with Crippen molar-refractivity contribution in [2.75, 3.05) is 0 Å². The SMILES string of the molecule is C=Cc1cc2cc3c(cc2cc1C=C)=CC1CC1C=3. The number of hydrogen-bond donors (Lipinski definition) is 0. The first-order valence-electron chi connectivity index (χ1n) is 6.85. The molecule has 0 aliphatic heterocycles. The van der Waals surface area contributed by atoms with Gasteiger partial charge in [0.2, 0.25) is 0 Å². The van der Waals surface area contributed by atoms with E-state index in [0.29, 0.717) is 0 Å². The summed E-state index contributed by atoms with van der Waals surface area (Å²) in [4.78, 5) is 0. The van der Waals surface area contributed by atoms with Crippen LogP contribution in [0.15, 0.2) is 37.4 Å². The van der Waals surface area contributed by atoms with E-state index < -0.39 is 0 Å². The van der Waals surface area contributed by atoms with Gasteiger partial charge in [0, 0.05) is 0 Å². The van der Waals surface area contributed by atoms with Crippen LogP contribution in [0, 0.1) is 11.8 Å². The van der Waals surface area contributed by atoms with Crippen LogP contribution in [0.4, 0.5) is 0 Å². The minimum Gasteiger partial charge on any atom is -0.0984 e. The molecule has 0 N–H and O–H groups in total. The summed E-state index contributed by atoms with van der Waals surface area (Å²) in [6, 6.07) is 9.06. The van der Waals surface area contributed by atoms with Gasteiger partial charge in [0.15, 0.2) is 0 Å². The lowest BCUT2D eigenvalue weighted by Gasteiger charge is -2.07. The van der Waals surface area contributed by atoms with E-state index in [1.807, 2.05) is 12.2 Å². The Morgan fingerprint density at radius 1 is 0.789 bits per heavy atom. The molecule has 0 aromatic heterocycles. The molecule has 2 unspecified atom stereocenters. The molecule has 0 spiro atoms. The first kappa shape index (κ1) is 10.8. The van der Waals surface area contributed by atoms with Gasteiger partial charge in [0.25, 0.3) is 0 Å². The van der Waals surface area contributed by atoms with Gasteiger partial charge < -0.3 is 0 Å². The molecule has 19 heavy (non-hydrogen) atoms. The predicted octanol–water partition coefficient (Wildman–Crippen LogP) is 3.34. The highest BCUT2D eigenvalue weighted by Gasteiger charge is 2.34. The van der Waals surface area contributed by atoms with Gasteiger partial charge in [-0.15, -0.1) is 0 Å². The van der Waals surface area contributed by atoms with Gasteiger partial charge in [0.05, 0.1) is 0 Å². The van der Waals surface area contributed by atoms with Gasteiger partial charge >= 0.3 is 0 Å². The molecule has 2 aliphatic carbocycles. The minimum atomic E-state index is 0.802. The summed E-state index contributed by atoms with van der Waals surface area (Å²) in [5.41, 5.74) is 2.32. The molecule has 92 valence electrons. The molecule has 0 nitrogen and oxygen atoms in total. The van der Waals surface area contributed by atoms with Crippen LogP contribution in [0.5, 0.6) is 0 Å². The molecule has 2 aliphatic rings. The van der Waals surface area contributed by atoms with Crippen molar-refractivity contribution in [3.05, 3.63) is 59.0 Å². The van der Waals surface area contributed by atoms with Crippen LogP contribution in [-0.2, 0) is 0 Å². The van der Waals surface area contributed by atoms with Crippen LogP contribution < -0.4 is 10.4 Å². The van der Waals surface area contributed by atoms with Gasteiger partial charge in [-0.25, -0.2) is 0 Å². The first-order valence-corrected chi connectivity index (χ1v) is 6.85. The summed E-state index contributed by atoms with van der Waals surface area (Å²) in [7, 11) is 0. The van der Waals surface area contributed by atoms with Crippen molar-refractivity contribution in [2.45, 2.75) is 6.42 Å². The van der Waals surface area contributed by atoms with Crippen LogP contribution in [0.25, 0.3) is 35.1 Å². The number of rotatable bonds is 2. The fourth-order valence-electron chi connectivity index (χ4n) is 3.14. The molecule has 0 saturated heterocycles. The minimum absolute atomic E-state index is 0.802. The van der Waals surface area contributed by atoms with Crippen LogP contribution in [0.3, 0.4) is 0 Å². The van der Waals surface area contributed by atoms with Crippen molar-refractivity contribution < 1.29 is 0 Å². The Hall–Kier alpha value is -2.08. The van der Waals surface area contributed by atoms with E-state index in [0.717, 1.165) is 23.0 Å². The van der Waals surface area contributed by atoms with Crippen molar-refractivity contribution in [2.24, 2.45) is 11.8 Å². The zero-order valence-electron chi connectivity index (χ0n) is 10.9. The summed E-state index contributed by atoms with van der Waals surface area (Å²) in [5, 5.41) is 5.38. The number of hydrogen-bond acceptors (Lipinski definition) is 0. The van der Waals surface area contributed by atoms with Gasteiger partial charge in [0.1, 0.15) is 0 Å². The number of benzene rings is 2. The van der Waals surface area contributed by atoms with Crippen LogP contribution in [-0.4, -0.2) is 0 Å². The molecule has 1 saturated carbocycles. The van der Waals surface area contributed by atoms with E-state index in [-0.39, 0.29) is 0 Å². The van der Waals surface area contributed by atoms with Crippen LogP contribution >= 0.6 is 0 Å². The molecule has 0 heteroatoms. The Kier molecular flexibility index (Phi) is 2.11. The molecule has 0 radical (unpaired) electrons. The maximum Gasteiger partial charge on any atom is -0.0155 e. The predicted molar refractivity (Wildman–Crippen MR) is 83.9 cm³/mol. The van der Waals surface area contributed by atoms with E-state index >= 15 is 0 Å². The van der Waals surface area contributed by atoms with E-state index in [1.165, 1.54) is 27.6 Å². The second-order valence-electron chi connectivity index (χ2n) is 5.61. The van der Waals surface area contributed by atoms with Gasteiger partial charge in [-0.05, 0) is 74.9 Å². The zero-order valence-corrected chi connectivity index (χ0v) is 10.9. The van der Waals surface area contributed by atoms with Crippen molar-refractivity contribution in [1.82, 2.24) is 0 Å². The lowest BCUT2D eigenvalue weighted by Crippen LogP contribution is -2.26. The van der Waals surface area contributed by atoms with Crippen molar-refractivity contribution >= 4 is 35.1 Å². The lowest BCUT2D eigenvalue weighted by molar-refractivity contribution is 1.06. The molecule has 1 fully saturated rings. The second-order valence-corrected chi connectivity index (χ2v) is 5.61. The lowest BCUT2D eigenvalue weighted by atomic mass is 9.97. The summed E-state index contributed by atoms with van der Waals surface area (Å²) >= 11 is 0. The summed E-state index contributed by atoms with van der Waals surface area (Å²) < 4.78 is 0. The Balaban J connectivity index is 2.09. The summed E-state index contributed by atoms with van der Waals surface area (Å²) in [6.07, 6.45) is 10.0. The molecule has 2 aromatic rings. The van der Waals surface area contributed by atoms with E-state index in [1.54, 1.807) is 0 Å². The van der Waals surface area contributed by atoms with E-state index in [2.05, 4.69) is 49.6 Å². The molecule has 4 rings (SSSR count). The molecular weight excluding hydrogens is 228 g/mol. The van der Waals surface area contributed by atoms with Gasteiger partial charge in [-0.3, -0.25) is 0 Å². The van der Waals surface area contributed by atoms with E-state index in [9.17, 15) is 0 Å². The third-order valence-electron chi connectivity index (χ3n) is 4.36. The maximum atomic E-state index is 3.89. The summed E-state index contributed by atoms with van der Waals surface area (Å²) in [6.45, 7) is 7.78. The third kappa shape index (κ3) is 1.60. The highest BCUT2D eigenvalue weighted by Crippen LogP contribution is 2.41. The number of fused-ring (bicyclic) bond motifs is 3. The van der Waals surface area contributed by atoms with Crippen LogP contribution in [0.1, 0.15) is 17.5 Å². The van der Waals surface area contributed by atoms with E-state index in [4.69, 9.17) is 0 Å². The fraction of sp³-hybridized carbons (Fsp3) is 0.158. The monoisotopic (exact) mass is 244 g/mol. The van der Waals surface area contributed by atoms with Crippen molar-refractivity contribution in [3.63, 3.8) is 0 Å². The largest absolute Gasteiger partial charge is 0.0984 e. The summed E-state index contributed by atoms with van der Waals surface area (Å²) in [5.74, 6) is 1.60. The Bertz CT molecular complexity index is 766. The smallest absolute Gasteiger partial charge is 0.0155 e. The molecule has 0 heterocycles. The highest BCUT2D eigenvalue weighted by molar-refractivity contribution is 5.88. The molecule has 0 amide bonds. The zero-order chi connectivity index (χ0) is 13.0. The first-order chi connectivity index (χ1) is 9.28. The average molecular weight is 244 g/mol.